The van der Waals surface area contributed by atoms with Gasteiger partial charge in [-0.2, -0.15) is 4.99 Å². The van der Waals surface area contributed by atoms with Gasteiger partial charge in [-0.25, -0.2) is 0 Å². The highest BCUT2D eigenvalue weighted by Gasteiger charge is 2.22. The standard InChI is InChI=1S/C22H16N2O3S/c25-21-20(11-16-6-3-5-15-4-1-2-7-17(15)16)28-22(24-21)23-12-14-8-9-18-19(10-14)27-13-26-18/h1-11H,12-13H2,(H,23,24,25). The highest BCUT2D eigenvalue weighted by atomic mass is 32.2. The first-order valence-electron chi connectivity index (χ1n) is 8.89. The van der Waals surface area contributed by atoms with E-state index >= 15 is 0 Å². The number of hydrogen-bond donors (Lipinski definition) is 1. The Balaban J connectivity index is 1.31. The SMILES string of the molecule is O=C1N=C(NCc2ccc3c(c2)OCO3)SC1=Cc1cccc2ccccc12. The molecule has 5 nitrogen and oxygen atoms in total. The summed E-state index contributed by atoms with van der Waals surface area (Å²) >= 11 is 1.36. The van der Waals surface area contributed by atoms with E-state index in [-0.39, 0.29) is 12.7 Å². The smallest absolute Gasteiger partial charge is 0.286 e. The summed E-state index contributed by atoms with van der Waals surface area (Å²) in [5.41, 5.74) is 2.05. The fraction of sp³-hybridized carbons (Fsp3) is 0.0909. The van der Waals surface area contributed by atoms with Gasteiger partial charge >= 0.3 is 0 Å². The fourth-order valence-corrected chi connectivity index (χ4v) is 4.03. The number of ether oxygens (including phenoxy) is 2. The maximum absolute atomic E-state index is 12.3. The average Bonchev–Trinajstić information content (AvgIpc) is 3.33. The molecule has 5 rings (SSSR count). The third kappa shape index (κ3) is 3.23. The predicted octanol–water partition coefficient (Wildman–Crippen LogP) is 4.33. The molecule has 0 fully saturated rings. The van der Waals surface area contributed by atoms with Crippen LogP contribution in [0.5, 0.6) is 11.5 Å². The van der Waals surface area contributed by atoms with Crippen molar-refractivity contribution >= 4 is 39.7 Å². The quantitative estimate of drug-likeness (QED) is 0.677. The molecule has 0 aromatic heterocycles. The van der Waals surface area contributed by atoms with Gasteiger partial charge in [-0.05, 0) is 51.9 Å². The molecular weight excluding hydrogens is 372 g/mol. The minimum absolute atomic E-state index is 0.217. The average molecular weight is 388 g/mol. The minimum atomic E-state index is -0.217. The van der Waals surface area contributed by atoms with E-state index in [4.69, 9.17) is 9.47 Å². The summed E-state index contributed by atoms with van der Waals surface area (Å²) in [4.78, 5) is 17.1. The fourth-order valence-electron chi connectivity index (χ4n) is 3.23. The number of rotatable bonds is 3. The Hall–Kier alpha value is -3.25. The van der Waals surface area contributed by atoms with E-state index in [1.807, 2.05) is 48.5 Å². The Bertz CT molecular complexity index is 1150. The van der Waals surface area contributed by atoms with Gasteiger partial charge < -0.3 is 14.8 Å². The van der Waals surface area contributed by atoms with Crippen molar-refractivity contribution < 1.29 is 14.3 Å². The predicted molar refractivity (Wildman–Crippen MR) is 111 cm³/mol. The Morgan fingerprint density at radius 3 is 2.86 bits per heavy atom. The van der Waals surface area contributed by atoms with Crippen LogP contribution in [0.15, 0.2) is 70.6 Å². The summed E-state index contributed by atoms with van der Waals surface area (Å²) in [5, 5.41) is 6.10. The van der Waals surface area contributed by atoms with Crippen molar-refractivity contribution in [1.29, 1.82) is 0 Å². The molecule has 0 unspecified atom stereocenters. The van der Waals surface area contributed by atoms with Crippen molar-refractivity contribution in [2.45, 2.75) is 6.54 Å². The number of nitrogens with zero attached hydrogens (tertiary/aromatic N) is 1. The number of carbonyl (C=O) groups excluding carboxylic acids is 1. The van der Waals surface area contributed by atoms with E-state index in [9.17, 15) is 4.79 Å². The monoisotopic (exact) mass is 388 g/mol. The number of benzene rings is 3. The van der Waals surface area contributed by atoms with Crippen LogP contribution in [-0.4, -0.2) is 17.9 Å². The molecule has 2 aliphatic heterocycles. The number of carbonyl (C=O) groups is 1. The van der Waals surface area contributed by atoms with Crippen LogP contribution in [0.1, 0.15) is 11.1 Å². The number of amidine groups is 1. The van der Waals surface area contributed by atoms with Gasteiger partial charge in [-0.15, -0.1) is 0 Å². The van der Waals surface area contributed by atoms with E-state index < -0.39 is 0 Å². The molecule has 0 aliphatic carbocycles. The Morgan fingerprint density at radius 1 is 1.04 bits per heavy atom. The van der Waals surface area contributed by atoms with E-state index in [2.05, 4.69) is 28.5 Å². The van der Waals surface area contributed by atoms with Crippen LogP contribution < -0.4 is 14.8 Å². The molecule has 1 N–H and O–H groups in total. The summed E-state index contributed by atoms with van der Waals surface area (Å²) in [6.45, 7) is 0.808. The number of aliphatic imine (C=N–C) groups is 1. The topological polar surface area (TPSA) is 59.9 Å². The van der Waals surface area contributed by atoms with E-state index in [0.29, 0.717) is 16.6 Å². The number of hydrogen-bond acceptors (Lipinski definition) is 5. The van der Waals surface area contributed by atoms with Gasteiger partial charge in [-0.3, -0.25) is 4.79 Å². The van der Waals surface area contributed by atoms with Gasteiger partial charge in [0.1, 0.15) is 0 Å². The summed E-state index contributed by atoms with van der Waals surface area (Å²) in [5.74, 6) is 1.28. The molecule has 3 aromatic carbocycles. The van der Waals surface area contributed by atoms with Gasteiger partial charge in [0.25, 0.3) is 5.91 Å². The van der Waals surface area contributed by atoms with Crippen LogP contribution in [0.2, 0.25) is 0 Å². The number of thioether (sulfide) groups is 1. The molecule has 0 saturated heterocycles. The lowest BCUT2D eigenvalue weighted by molar-refractivity contribution is -0.113. The second-order valence-electron chi connectivity index (χ2n) is 6.44. The molecule has 1 amide bonds. The molecule has 0 atom stereocenters. The van der Waals surface area contributed by atoms with Crippen LogP contribution in [0.3, 0.4) is 0 Å². The van der Waals surface area contributed by atoms with Gasteiger partial charge in [0.2, 0.25) is 6.79 Å². The molecule has 2 aliphatic rings. The summed E-state index contributed by atoms with van der Waals surface area (Å²) in [6.07, 6.45) is 1.91. The Kier molecular flexibility index (Phi) is 4.25. The van der Waals surface area contributed by atoms with Crippen molar-refractivity contribution in [3.8, 4) is 11.5 Å². The minimum Gasteiger partial charge on any atom is -0.454 e. The van der Waals surface area contributed by atoms with Crippen LogP contribution >= 0.6 is 11.8 Å². The van der Waals surface area contributed by atoms with Gasteiger partial charge in [0.05, 0.1) is 4.91 Å². The summed E-state index contributed by atoms with van der Waals surface area (Å²) in [6, 6.07) is 20.0. The molecule has 0 saturated carbocycles. The van der Waals surface area contributed by atoms with Crippen molar-refractivity contribution in [1.82, 2.24) is 5.32 Å². The Labute approximate surface area is 166 Å². The first-order chi connectivity index (χ1) is 13.8. The largest absolute Gasteiger partial charge is 0.454 e. The molecule has 6 heteroatoms. The van der Waals surface area contributed by atoms with Gasteiger partial charge in [-0.1, -0.05) is 48.5 Å². The zero-order chi connectivity index (χ0) is 18.9. The molecule has 0 spiro atoms. The molecule has 2 heterocycles. The number of fused-ring (bicyclic) bond motifs is 2. The van der Waals surface area contributed by atoms with Crippen LogP contribution in [0, 0.1) is 0 Å². The molecule has 28 heavy (non-hydrogen) atoms. The number of amides is 1. The molecule has 0 bridgehead atoms. The van der Waals surface area contributed by atoms with Crippen molar-refractivity contribution in [2.24, 2.45) is 4.99 Å². The van der Waals surface area contributed by atoms with Crippen LogP contribution in [-0.2, 0) is 11.3 Å². The lowest BCUT2D eigenvalue weighted by Crippen LogP contribution is -2.18. The maximum Gasteiger partial charge on any atom is 0.286 e. The Morgan fingerprint density at radius 2 is 1.89 bits per heavy atom. The third-order valence-electron chi connectivity index (χ3n) is 4.61. The summed E-state index contributed by atoms with van der Waals surface area (Å²) in [7, 11) is 0. The maximum atomic E-state index is 12.3. The molecular formula is C22H16N2O3S. The first kappa shape index (κ1) is 16.9. The first-order valence-corrected chi connectivity index (χ1v) is 9.71. The third-order valence-corrected chi connectivity index (χ3v) is 5.55. The highest BCUT2D eigenvalue weighted by molar-refractivity contribution is 8.18. The lowest BCUT2D eigenvalue weighted by atomic mass is 10.0. The van der Waals surface area contributed by atoms with Crippen LogP contribution in [0.4, 0.5) is 0 Å². The zero-order valence-corrected chi connectivity index (χ0v) is 15.7. The van der Waals surface area contributed by atoms with Crippen molar-refractivity contribution in [3.63, 3.8) is 0 Å². The van der Waals surface area contributed by atoms with E-state index in [0.717, 1.165) is 33.4 Å². The zero-order valence-electron chi connectivity index (χ0n) is 14.8. The highest BCUT2D eigenvalue weighted by Crippen LogP contribution is 2.33. The lowest BCUT2D eigenvalue weighted by Gasteiger charge is -2.06. The van der Waals surface area contributed by atoms with Crippen LogP contribution in [0.25, 0.3) is 16.8 Å². The molecule has 138 valence electrons. The van der Waals surface area contributed by atoms with Gasteiger partial charge in [0, 0.05) is 6.54 Å². The number of nitrogens with one attached hydrogen (secondary N) is 1. The second kappa shape index (κ2) is 7.05. The summed E-state index contributed by atoms with van der Waals surface area (Å²) < 4.78 is 10.7. The molecule has 3 aromatic rings. The molecule has 0 radical (unpaired) electrons. The normalized spacial score (nSPS) is 16.6. The van der Waals surface area contributed by atoms with E-state index in [1.54, 1.807) is 0 Å². The van der Waals surface area contributed by atoms with E-state index in [1.165, 1.54) is 11.8 Å². The van der Waals surface area contributed by atoms with Crippen molar-refractivity contribution in [3.05, 3.63) is 76.7 Å². The van der Waals surface area contributed by atoms with Crippen molar-refractivity contribution in [2.75, 3.05) is 6.79 Å². The second-order valence-corrected chi connectivity index (χ2v) is 7.47. The van der Waals surface area contributed by atoms with Gasteiger partial charge in [0.15, 0.2) is 16.7 Å².